The van der Waals surface area contributed by atoms with Gasteiger partial charge in [0.1, 0.15) is 11.3 Å². The largest absolute Gasteiger partial charge is 0.506 e. The number of carbonyl (C=O) groups excluding carboxylic acids is 1. The molecule has 6 nitrogen and oxygen atoms in total. The van der Waals surface area contributed by atoms with Crippen LogP contribution in [-0.2, 0) is 9.53 Å². The molecule has 1 N–H and O–H groups in total. The summed E-state index contributed by atoms with van der Waals surface area (Å²) in [7, 11) is 0. The van der Waals surface area contributed by atoms with Crippen LogP contribution in [0.1, 0.15) is 12.5 Å². The van der Waals surface area contributed by atoms with Crippen molar-refractivity contribution in [1.29, 1.82) is 0 Å². The quantitative estimate of drug-likeness (QED) is 0.293. The molecule has 29 heavy (non-hydrogen) atoms. The minimum absolute atomic E-state index is 0.0280. The molecule has 0 spiro atoms. The van der Waals surface area contributed by atoms with E-state index in [1.807, 2.05) is 36.4 Å². The highest BCUT2D eigenvalue weighted by Gasteiger charge is 2.17. The molecule has 6 heteroatoms. The summed E-state index contributed by atoms with van der Waals surface area (Å²) in [5.74, 6) is 0.380. The first kappa shape index (κ1) is 18.6. The van der Waals surface area contributed by atoms with Crippen LogP contribution in [0, 0.1) is 0 Å². The third-order valence-corrected chi connectivity index (χ3v) is 4.47. The summed E-state index contributed by atoms with van der Waals surface area (Å²) in [6, 6.07) is 18.4. The van der Waals surface area contributed by atoms with Gasteiger partial charge in [-0.1, -0.05) is 36.4 Å². The minimum atomic E-state index is -0.650. The van der Waals surface area contributed by atoms with Crippen LogP contribution < -0.4 is 9.47 Å². The molecule has 1 aliphatic heterocycles. The molecular formula is C23H19NO5. The number of ether oxygens (including phenoxy) is 3. The zero-order valence-corrected chi connectivity index (χ0v) is 15.8. The number of nitrogens with zero attached hydrogens (tertiary/aromatic N) is 1. The van der Waals surface area contributed by atoms with Crippen molar-refractivity contribution < 1.29 is 24.1 Å². The molecule has 0 saturated carbocycles. The lowest BCUT2D eigenvalue weighted by Crippen LogP contribution is -2.11. The first-order chi connectivity index (χ1) is 14.2. The van der Waals surface area contributed by atoms with Gasteiger partial charge in [0.15, 0.2) is 11.5 Å². The van der Waals surface area contributed by atoms with E-state index in [0.717, 1.165) is 10.8 Å². The van der Waals surface area contributed by atoms with E-state index in [1.54, 1.807) is 31.2 Å². The number of hydrogen-bond acceptors (Lipinski definition) is 6. The summed E-state index contributed by atoms with van der Waals surface area (Å²) in [5.41, 5.74) is 1.03. The number of aliphatic imine (C=N–C) groups is 1. The summed E-state index contributed by atoms with van der Waals surface area (Å²) >= 11 is 0. The molecule has 0 bridgehead atoms. The maximum Gasteiger partial charge on any atom is 0.343 e. The molecule has 0 atom stereocenters. The lowest BCUT2D eigenvalue weighted by molar-refractivity contribution is -0.137. The average Bonchev–Trinajstić information content (AvgIpc) is 3.21. The van der Waals surface area contributed by atoms with Crippen LogP contribution in [0.2, 0.25) is 0 Å². The first-order valence-corrected chi connectivity index (χ1v) is 9.19. The van der Waals surface area contributed by atoms with E-state index in [1.165, 1.54) is 6.21 Å². The number of hydrogen-bond donors (Lipinski definition) is 1. The number of esters is 1. The predicted octanol–water partition coefficient (Wildman–Crippen LogP) is 4.80. The van der Waals surface area contributed by atoms with Gasteiger partial charge in [0.2, 0.25) is 6.79 Å². The normalized spacial score (nSPS) is 13.6. The number of rotatable bonds is 5. The second kappa shape index (κ2) is 8.06. The Kier molecular flexibility index (Phi) is 5.16. The van der Waals surface area contributed by atoms with Gasteiger partial charge in [-0.05, 0) is 35.9 Å². The fourth-order valence-electron chi connectivity index (χ4n) is 3.02. The Hall–Kier alpha value is -3.80. The van der Waals surface area contributed by atoms with E-state index in [9.17, 15) is 9.90 Å². The van der Waals surface area contributed by atoms with Crippen molar-refractivity contribution in [2.75, 3.05) is 13.4 Å². The highest BCUT2D eigenvalue weighted by Crippen LogP contribution is 2.35. The van der Waals surface area contributed by atoms with Gasteiger partial charge in [-0.25, -0.2) is 4.79 Å². The highest BCUT2D eigenvalue weighted by molar-refractivity contribution is 6.15. The predicted molar refractivity (Wildman–Crippen MR) is 111 cm³/mol. The Morgan fingerprint density at radius 1 is 1.07 bits per heavy atom. The van der Waals surface area contributed by atoms with Crippen LogP contribution in [0.3, 0.4) is 0 Å². The third-order valence-electron chi connectivity index (χ3n) is 4.47. The number of aliphatic hydroxyl groups is 1. The molecule has 4 rings (SSSR count). The standard InChI is InChI=1S/C23H19NO5/c1-2-27-23(26)19(13-24-18-9-10-20-21(12-18)29-14-28-20)22(25)17-8-7-15-5-3-4-6-16(15)11-17/h3-13,25H,2,14H2,1H3. The molecular weight excluding hydrogens is 370 g/mol. The fourth-order valence-corrected chi connectivity index (χ4v) is 3.02. The molecule has 146 valence electrons. The number of fused-ring (bicyclic) bond motifs is 2. The summed E-state index contributed by atoms with van der Waals surface area (Å²) in [5, 5.41) is 12.8. The minimum Gasteiger partial charge on any atom is -0.506 e. The van der Waals surface area contributed by atoms with Gasteiger partial charge >= 0.3 is 5.97 Å². The van der Waals surface area contributed by atoms with Gasteiger partial charge in [-0.15, -0.1) is 0 Å². The van der Waals surface area contributed by atoms with Crippen molar-refractivity contribution in [3.8, 4) is 11.5 Å². The number of carbonyl (C=O) groups is 1. The lowest BCUT2D eigenvalue weighted by atomic mass is 10.0. The summed E-state index contributed by atoms with van der Waals surface area (Å²) < 4.78 is 15.7. The second-order valence-corrected chi connectivity index (χ2v) is 6.34. The van der Waals surface area contributed by atoms with Crippen LogP contribution in [0.5, 0.6) is 11.5 Å². The Morgan fingerprint density at radius 3 is 2.69 bits per heavy atom. The Bertz CT molecular complexity index is 1130. The number of benzene rings is 3. The van der Waals surface area contributed by atoms with Crippen molar-refractivity contribution in [3.63, 3.8) is 0 Å². The molecule has 0 aliphatic carbocycles. The maximum absolute atomic E-state index is 12.5. The summed E-state index contributed by atoms with van der Waals surface area (Å²) in [6.07, 6.45) is 1.31. The second-order valence-electron chi connectivity index (χ2n) is 6.34. The van der Waals surface area contributed by atoms with Crippen molar-refractivity contribution in [1.82, 2.24) is 0 Å². The van der Waals surface area contributed by atoms with Crippen molar-refractivity contribution in [3.05, 3.63) is 71.8 Å². The van der Waals surface area contributed by atoms with Gasteiger partial charge in [-0.3, -0.25) is 4.99 Å². The molecule has 0 saturated heterocycles. The molecule has 0 aromatic heterocycles. The van der Waals surface area contributed by atoms with E-state index in [-0.39, 0.29) is 24.7 Å². The topological polar surface area (TPSA) is 77.4 Å². The van der Waals surface area contributed by atoms with E-state index in [0.29, 0.717) is 22.7 Å². The van der Waals surface area contributed by atoms with Gasteiger partial charge in [0.25, 0.3) is 0 Å². The molecule has 3 aromatic carbocycles. The molecule has 1 aliphatic rings. The SMILES string of the molecule is CCOC(=O)C(C=Nc1ccc2c(c1)OCO2)=C(O)c1ccc2ccccc2c1. The molecule has 0 radical (unpaired) electrons. The summed E-state index contributed by atoms with van der Waals surface area (Å²) in [6.45, 7) is 2.06. The van der Waals surface area contributed by atoms with Crippen molar-refractivity contribution >= 4 is 34.4 Å². The monoisotopic (exact) mass is 389 g/mol. The Morgan fingerprint density at radius 2 is 1.86 bits per heavy atom. The van der Waals surface area contributed by atoms with Crippen molar-refractivity contribution in [2.45, 2.75) is 6.92 Å². The first-order valence-electron chi connectivity index (χ1n) is 9.19. The van der Waals surface area contributed by atoms with Crippen LogP contribution in [0.4, 0.5) is 5.69 Å². The Labute approximate surface area is 167 Å². The van der Waals surface area contributed by atoms with Gasteiger partial charge in [0, 0.05) is 17.8 Å². The Balaban J connectivity index is 1.72. The smallest absolute Gasteiger partial charge is 0.343 e. The average molecular weight is 389 g/mol. The van der Waals surface area contributed by atoms with Gasteiger partial charge in [0.05, 0.1) is 12.3 Å². The van der Waals surface area contributed by atoms with Gasteiger partial charge < -0.3 is 19.3 Å². The molecule has 3 aromatic rings. The fraction of sp³-hybridized carbons (Fsp3) is 0.130. The zero-order valence-electron chi connectivity index (χ0n) is 15.8. The zero-order chi connectivity index (χ0) is 20.2. The van der Waals surface area contributed by atoms with E-state index < -0.39 is 5.97 Å². The number of aliphatic hydroxyl groups excluding tert-OH is 1. The summed E-state index contributed by atoms with van der Waals surface area (Å²) in [4.78, 5) is 16.8. The van der Waals surface area contributed by atoms with E-state index in [2.05, 4.69) is 4.99 Å². The molecule has 0 unspecified atom stereocenters. The van der Waals surface area contributed by atoms with Crippen molar-refractivity contribution in [2.24, 2.45) is 4.99 Å². The van der Waals surface area contributed by atoms with Gasteiger partial charge in [-0.2, -0.15) is 0 Å². The highest BCUT2D eigenvalue weighted by atomic mass is 16.7. The molecule has 0 fully saturated rings. The molecule has 1 heterocycles. The van der Waals surface area contributed by atoms with Crippen LogP contribution in [0.15, 0.2) is 71.2 Å². The van der Waals surface area contributed by atoms with Crippen LogP contribution in [-0.4, -0.2) is 30.7 Å². The maximum atomic E-state index is 12.5. The van der Waals surface area contributed by atoms with Crippen LogP contribution >= 0.6 is 0 Å². The molecule has 0 amide bonds. The van der Waals surface area contributed by atoms with Crippen LogP contribution in [0.25, 0.3) is 16.5 Å². The lowest BCUT2D eigenvalue weighted by Gasteiger charge is -2.08. The third kappa shape index (κ3) is 3.91. The van der Waals surface area contributed by atoms with E-state index in [4.69, 9.17) is 14.2 Å². The van der Waals surface area contributed by atoms with E-state index >= 15 is 0 Å².